The van der Waals surface area contributed by atoms with Crippen LogP contribution in [-0.4, -0.2) is 24.2 Å². The molecule has 0 spiro atoms. The third kappa shape index (κ3) is 2.85. The first-order chi connectivity index (χ1) is 9.83. The second-order valence-electron chi connectivity index (χ2n) is 5.69. The highest BCUT2D eigenvalue weighted by Gasteiger charge is 2.44. The van der Waals surface area contributed by atoms with Gasteiger partial charge in [0.2, 0.25) is 0 Å². The molecule has 1 heterocycles. The summed E-state index contributed by atoms with van der Waals surface area (Å²) >= 11 is 0. The molecular weight excluding hydrogens is 283 g/mol. The number of rotatable bonds is 2. The van der Waals surface area contributed by atoms with Crippen molar-refractivity contribution in [3.05, 3.63) is 36.4 Å². The fourth-order valence-corrected chi connectivity index (χ4v) is 3.34. The molecule has 1 N–H and O–H groups in total. The molecule has 2 aliphatic rings. The molecule has 0 aromatic heterocycles. The third-order valence-corrected chi connectivity index (χ3v) is 4.22. The summed E-state index contributed by atoms with van der Waals surface area (Å²) in [5.41, 5.74) is 1.87. The largest absolute Gasteiger partial charge is 0.573 e. The molecule has 114 valence electrons. The van der Waals surface area contributed by atoms with Crippen molar-refractivity contribution in [3.8, 4) is 5.75 Å². The minimum absolute atomic E-state index is 0.170. The van der Waals surface area contributed by atoms with Gasteiger partial charge in [-0.15, -0.1) is 13.2 Å². The van der Waals surface area contributed by atoms with Crippen molar-refractivity contribution in [1.29, 1.82) is 0 Å². The van der Waals surface area contributed by atoms with Gasteiger partial charge < -0.3 is 14.7 Å². The van der Waals surface area contributed by atoms with Crippen LogP contribution in [0.2, 0.25) is 0 Å². The van der Waals surface area contributed by atoms with E-state index in [0.717, 1.165) is 18.4 Å². The van der Waals surface area contributed by atoms with Gasteiger partial charge in [0.25, 0.3) is 0 Å². The van der Waals surface area contributed by atoms with Gasteiger partial charge in [-0.3, -0.25) is 0 Å². The maximum atomic E-state index is 12.1. The number of allylic oxidation sites excluding steroid dienone is 1. The van der Waals surface area contributed by atoms with Crippen molar-refractivity contribution in [2.24, 2.45) is 11.8 Å². The summed E-state index contributed by atoms with van der Waals surface area (Å²) in [5.74, 6) is 0.288. The van der Waals surface area contributed by atoms with Crippen LogP contribution in [0.5, 0.6) is 5.75 Å². The van der Waals surface area contributed by atoms with Crippen molar-refractivity contribution >= 4 is 5.69 Å². The van der Waals surface area contributed by atoms with Crippen LogP contribution in [0.4, 0.5) is 18.9 Å². The monoisotopic (exact) mass is 299 g/mol. The topological polar surface area (TPSA) is 32.7 Å². The van der Waals surface area contributed by atoms with Crippen molar-refractivity contribution in [1.82, 2.24) is 0 Å². The van der Waals surface area contributed by atoms with Crippen LogP contribution < -0.4 is 9.64 Å². The van der Waals surface area contributed by atoms with Crippen LogP contribution in [0.15, 0.2) is 36.4 Å². The molecule has 6 heteroatoms. The molecule has 3 rings (SSSR count). The molecule has 3 nitrogen and oxygen atoms in total. The molecule has 21 heavy (non-hydrogen) atoms. The van der Waals surface area contributed by atoms with E-state index in [4.69, 9.17) is 0 Å². The zero-order valence-electron chi connectivity index (χ0n) is 11.3. The standard InChI is InChI=1S/C15H16F3NO2/c1-9-6-10-8-19(14(20)13(10)7-9)11-2-4-12(5-3-11)21-15(16,17)18/h2-5,10,13-14,20H,1,6-8H2. The summed E-state index contributed by atoms with van der Waals surface area (Å²) in [6.45, 7) is 4.66. The normalized spacial score (nSPS) is 28.9. The lowest BCUT2D eigenvalue weighted by atomic mass is 10.00. The highest BCUT2D eigenvalue weighted by atomic mass is 19.4. The van der Waals surface area contributed by atoms with Gasteiger partial charge in [-0.2, -0.15) is 0 Å². The molecule has 1 aromatic rings. The van der Waals surface area contributed by atoms with Gasteiger partial charge >= 0.3 is 6.36 Å². The van der Waals surface area contributed by atoms with E-state index in [1.54, 1.807) is 12.1 Å². The van der Waals surface area contributed by atoms with E-state index in [9.17, 15) is 18.3 Å². The first-order valence-electron chi connectivity index (χ1n) is 6.80. The van der Waals surface area contributed by atoms with Crippen LogP contribution in [0.25, 0.3) is 0 Å². The number of halogens is 3. The summed E-state index contributed by atoms with van der Waals surface area (Å²) in [5, 5.41) is 10.4. The Hall–Kier alpha value is -1.69. The summed E-state index contributed by atoms with van der Waals surface area (Å²) in [6.07, 6.45) is -3.57. The SMILES string of the molecule is C=C1CC2CN(c3ccc(OC(F)(F)F)cc3)C(O)C2C1. The number of ether oxygens (including phenoxy) is 1. The average Bonchev–Trinajstić information content (AvgIpc) is 2.87. The van der Waals surface area contributed by atoms with Gasteiger partial charge in [0.05, 0.1) is 0 Å². The molecule has 3 unspecified atom stereocenters. The van der Waals surface area contributed by atoms with E-state index in [0.29, 0.717) is 18.2 Å². The van der Waals surface area contributed by atoms with Crippen LogP contribution in [0, 0.1) is 11.8 Å². The predicted molar refractivity (Wildman–Crippen MR) is 71.8 cm³/mol. The van der Waals surface area contributed by atoms with Crippen LogP contribution in [-0.2, 0) is 0 Å². The molecule has 1 aliphatic heterocycles. The number of anilines is 1. The lowest BCUT2D eigenvalue weighted by molar-refractivity contribution is -0.274. The number of hydrogen-bond acceptors (Lipinski definition) is 3. The zero-order valence-corrected chi connectivity index (χ0v) is 11.3. The molecule has 2 fully saturated rings. The Morgan fingerprint density at radius 1 is 1.19 bits per heavy atom. The van der Waals surface area contributed by atoms with E-state index in [2.05, 4.69) is 11.3 Å². The molecular formula is C15H16F3NO2. The Morgan fingerprint density at radius 3 is 2.43 bits per heavy atom. The van der Waals surface area contributed by atoms with Crippen LogP contribution in [0.1, 0.15) is 12.8 Å². The van der Waals surface area contributed by atoms with Crippen molar-refractivity contribution < 1.29 is 23.0 Å². The maximum absolute atomic E-state index is 12.1. The molecule has 0 radical (unpaired) electrons. The average molecular weight is 299 g/mol. The Balaban J connectivity index is 1.72. The Labute approximate surface area is 120 Å². The minimum atomic E-state index is -4.69. The third-order valence-electron chi connectivity index (χ3n) is 4.22. The number of hydrogen-bond donors (Lipinski definition) is 1. The molecule has 3 atom stereocenters. The second-order valence-corrected chi connectivity index (χ2v) is 5.69. The Kier molecular flexibility index (Phi) is 3.36. The number of aliphatic hydroxyl groups excluding tert-OH is 1. The number of nitrogens with zero attached hydrogens (tertiary/aromatic N) is 1. The number of aliphatic hydroxyl groups is 1. The van der Waals surface area contributed by atoms with E-state index in [1.807, 2.05) is 4.90 Å². The lowest BCUT2D eigenvalue weighted by Crippen LogP contribution is -2.32. The van der Waals surface area contributed by atoms with Crippen molar-refractivity contribution in [2.75, 3.05) is 11.4 Å². The highest BCUT2D eigenvalue weighted by Crippen LogP contribution is 2.45. The van der Waals surface area contributed by atoms with E-state index in [1.165, 1.54) is 12.1 Å². The minimum Gasteiger partial charge on any atom is -0.406 e. The Morgan fingerprint density at radius 2 is 1.86 bits per heavy atom. The molecule has 1 aliphatic carbocycles. The zero-order chi connectivity index (χ0) is 15.2. The van der Waals surface area contributed by atoms with E-state index < -0.39 is 12.6 Å². The van der Waals surface area contributed by atoms with Gasteiger partial charge in [0.1, 0.15) is 12.0 Å². The van der Waals surface area contributed by atoms with Gasteiger partial charge in [-0.25, -0.2) is 0 Å². The number of alkyl halides is 3. The van der Waals surface area contributed by atoms with Crippen molar-refractivity contribution in [2.45, 2.75) is 25.4 Å². The number of fused-ring (bicyclic) bond motifs is 1. The summed E-state index contributed by atoms with van der Waals surface area (Å²) in [4.78, 5) is 1.83. The van der Waals surface area contributed by atoms with E-state index in [-0.39, 0.29) is 11.7 Å². The fraction of sp³-hybridized carbons (Fsp3) is 0.467. The smallest absolute Gasteiger partial charge is 0.406 e. The molecule has 0 amide bonds. The quantitative estimate of drug-likeness (QED) is 0.851. The van der Waals surface area contributed by atoms with Gasteiger partial charge in [0, 0.05) is 18.2 Å². The van der Waals surface area contributed by atoms with Crippen LogP contribution in [0.3, 0.4) is 0 Å². The Bertz CT molecular complexity index is 541. The first-order valence-corrected chi connectivity index (χ1v) is 6.80. The van der Waals surface area contributed by atoms with Gasteiger partial charge in [-0.05, 0) is 43.0 Å². The summed E-state index contributed by atoms with van der Waals surface area (Å²) < 4.78 is 40.2. The van der Waals surface area contributed by atoms with Crippen LogP contribution >= 0.6 is 0 Å². The first kappa shape index (κ1) is 14.3. The van der Waals surface area contributed by atoms with E-state index >= 15 is 0 Å². The van der Waals surface area contributed by atoms with Gasteiger partial charge in [0.15, 0.2) is 0 Å². The molecule has 1 saturated carbocycles. The fourth-order valence-electron chi connectivity index (χ4n) is 3.34. The highest BCUT2D eigenvalue weighted by molar-refractivity contribution is 5.51. The molecule has 1 aromatic carbocycles. The van der Waals surface area contributed by atoms with Gasteiger partial charge in [-0.1, -0.05) is 12.2 Å². The van der Waals surface area contributed by atoms with Crippen molar-refractivity contribution in [3.63, 3.8) is 0 Å². The second kappa shape index (κ2) is 4.94. The predicted octanol–water partition coefficient (Wildman–Crippen LogP) is 3.31. The number of benzene rings is 1. The summed E-state index contributed by atoms with van der Waals surface area (Å²) in [6, 6.07) is 5.62. The molecule has 1 saturated heterocycles. The summed E-state index contributed by atoms with van der Waals surface area (Å²) in [7, 11) is 0. The lowest BCUT2D eigenvalue weighted by Gasteiger charge is -2.25. The maximum Gasteiger partial charge on any atom is 0.573 e. The molecule has 0 bridgehead atoms.